The SMILES string of the molecule is COc1ccc(CN2C(=O)[C@@H]3C(C(=O)OC(C)C)=CC[C@@H]3C2=O)cc1. The van der Waals surface area contributed by atoms with Crippen molar-refractivity contribution < 1.29 is 23.9 Å². The molecule has 3 rings (SSSR count). The molecule has 0 aromatic heterocycles. The van der Waals surface area contributed by atoms with Gasteiger partial charge in [0.05, 0.1) is 31.6 Å². The van der Waals surface area contributed by atoms with Gasteiger partial charge in [0.1, 0.15) is 5.75 Å². The van der Waals surface area contributed by atoms with E-state index >= 15 is 0 Å². The van der Waals surface area contributed by atoms with E-state index in [-0.39, 0.29) is 24.5 Å². The Hall–Kier alpha value is -2.63. The molecule has 1 fully saturated rings. The van der Waals surface area contributed by atoms with Crippen molar-refractivity contribution in [3.63, 3.8) is 0 Å². The second-order valence-corrected chi connectivity index (χ2v) is 6.54. The fourth-order valence-corrected chi connectivity index (χ4v) is 3.32. The van der Waals surface area contributed by atoms with Gasteiger partial charge in [-0.25, -0.2) is 4.79 Å². The molecule has 1 aliphatic carbocycles. The zero-order valence-corrected chi connectivity index (χ0v) is 14.5. The molecule has 0 bridgehead atoms. The van der Waals surface area contributed by atoms with Crippen LogP contribution in [0, 0.1) is 11.8 Å². The predicted octanol–water partition coefficient (Wildman–Crippen LogP) is 2.08. The summed E-state index contributed by atoms with van der Waals surface area (Å²) in [5, 5.41) is 0. The maximum absolute atomic E-state index is 12.8. The van der Waals surface area contributed by atoms with Gasteiger partial charge in [-0.15, -0.1) is 0 Å². The van der Waals surface area contributed by atoms with Crippen LogP contribution in [0.4, 0.5) is 0 Å². The number of hydrogen-bond acceptors (Lipinski definition) is 5. The van der Waals surface area contributed by atoms with Crippen molar-refractivity contribution in [2.24, 2.45) is 11.8 Å². The molecule has 2 atom stereocenters. The lowest BCUT2D eigenvalue weighted by molar-refractivity contribution is -0.145. The number of ether oxygens (including phenoxy) is 2. The molecule has 1 saturated heterocycles. The van der Waals surface area contributed by atoms with E-state index < -0.39 is 17.8 Å². The summed E-state index contributed by atoms with van der Waals surface area (Å²) in [6, 6.07) is 7.20. The fourth-order valence-electron chi connectivity index (χ4n) is 3.32. The Kier molecular flexibility index (Phi) is 4.61. The Labute approximate surface area is 146 Å². The van der Waals surface area contributed by atoms with Gasteiger partial charge in [0.25, 0.3) is 0 Å². The van der Waals surface area contributed by atoms with Crippen LogP contribution in [0.1, 0.15) is 25.8 Å². The molecule has 1 aliphatic heterocycles. The third kappa shape index (κ3) is 3.16. The largest absolute Gasteiger partial charge is 0.497 e. The Bertz CT molecular complexity index is 735. The van der Waals surface area contributed by atoms with E-state index in [1.807, 2.05) is 12.1 Å². The minimum atomic E-state index is -0.711. The lowest BCUT2D eigenvalue weighted by Gasteiger charge is -2.16. The zero-order chi connectivity index (χ0) is 18.1. The number of carbonyl (C=O) groups excluding carboxylic acids is 3. The van der Waals surface area contributed by atoms with Crippen LogP contribution in [0.25, 0.3) is 0 Å². The van der Waals surface area contributed by atoms with Crippen molar-refractivity contribution in [3.05, 3.63) is 41.5 Å². The number of benzene rings is 1. The Balaban J connectivity index is 1.76. The van der Waals surface area contributed by atoms with E-state index in [9.17, 15) is 14.4 Å². The van der Waals surface area contributed by atoms with Gasteiger partial charge < -0.3 is 9.47 Å². The number of imide groups is 1. The van der Waals surface area contributed by atoms with Crippen molar-refractivity contribution in [1.29, 1.82) is 0 Å². The summed E-state index contributed by atoms with van der Waals surface area (Å²) in [7, 11) is 1.58. The summed E-state index contributed by atoms with van der Waals surface area (Å²) in [6.07, 6.45) is 1.80. The van der Waals surface area contributed by atoms with Gasteiger partial charge in [-0.2, -0.15) is 0 Å². The number of fused-ring (bicyclic) bond motifs is 1. The first-order chi connectivity index (χ1) is 11.9. The van der Waals surface area contributed by atoms with E-state index in [0.29, 0.717) is 17.7 Å². The van der Waals surface area contributed by atoms with E-state index in [2.05, 4.69) is 0 Å². The highest BCUT2D eigenvalue weighted by atomic mass is 16.5. The average molecular weight is 343 g/mol. The number of likely N-dealkylation sites (tertiary alicyclic amines) is 1. The first kappa shape index (κ1) is 17.2. The van der Waals surface area contributed by atoms with Gasteiger partial charge in [-0.05, 0) is 38.0 Å². The molecule has 2 amide bonds. The molecule has 1 heterocycles. The van der Waals surface area contributed by atoms with Crippen molar-refractivity contribution in [2.75, 3.05) is 7.11 Å². The zero-order valence-electron chi connectivity index (χ0n) is 14.5. The lowest BCUT2D eigenvalue weighted by atomic mass is 9.94. The number of rotatable bonds is 5. The summed E-state index contributed by atoms with van der Waals surface area (Å²) in [5.74, 6) is -1.54. The summed E-state index contributed by atoms with van der Waals surface area (Å²) in [6.45, 7) is 3.70. The maximum Gasteiger partial charge on any atom is 0.334 e. The summed E-state index contributed by atoms with van der Waals surface area (Å²) in [5.41, 5.74) is 1.15. The molecule has 2 aliphatic rings. The van der Waals surface area contributed by atoms with E-state index in [1.54, 1.807) is 39.2 Å². The second kappa shape index (κ2) is 6.70. The van der Waals surface area contributed by atoms with Gasteiger partial charge in [-0.3, -0.25) is 14.5 Å². The third-order valence-corrected chi connectivity index (χ3v) is 4.52. The van der Waals surface area contributed by atoms with E-state index in [4.69, 9.17) is 9.47 Å². The minimum absolute atomic E-state index is 0.196. The molecule has 25 heavy (non-hydrogen) atoms. The van der Waals surface area contributed by atoms with Gasteiger partial charge in [0.2, 0.25) is 11.8 Å². The van der Waals surface area contributed by atoms with Crippen LogP contribution < -0.4 is 4.74 Å². The van der Waals surface area contributed by atoms with Crippen LogP contribution >= 0.6 is 0 Å². The molecular weight excluding hydrogens is 322 g/mol. The normalized spacial score (nSPS) is 22.2. The predicted molar refractivity (Wildman–Crippen MR) is 89.5 cm³/mol. The number of methoxy groups -OCH3 is 1. The smallest absolute Gasteiger partial charge is 0.334 e. The molecule has 0 N–H and O–H groups in total. The second-order valence-electron chi connectivity index (χ2n) is 6.54. The van der Waals surface area contributed by atoms with E-state index in [0.717, 1.165) is 5.56 Å². The molecule has 6 heteroatoms. The van der Waals surface area contributed by atoms with E-state index in [1.165, 1.54) is 4.90 Å². The van der Waals surface area contributed by atoms with Crippen LogP contribution in [0.2, 0.25) is 0 Å². The van der Waals surface area contributed by atoms with Crippen LogP contribution in [-0.4, -0.2) is 35.9 Å². The average Bonchev–Trinajstić information content (AvgIpc) is 3.11. The Morgan fingerprint density at radius 1 is 1.20 bits per heavy atom. The molecule has 6 nitrogen and oxygen atoms in total. The fraction of sp³-hybridized carbons (Fsp3) is 0.421. The third-order valence-electron chi connectivity index (χ3n) is 4.52. The highest BCUT2D eigenvalue weighted by Gasteiger charge is 2.53. The topological polar surface area (TPSA) is 72.9 Å². The summed E-state index contributed by atoms with van der Waals surface area (Å²) >= 11 is 0. The van der Waals surface area contributed by atoms with Crippen molar-refractivity contribution in [1.82, 2.24) is 4.90 Å². The number of allylic oxidation sites excluding steroid dienone is 1. The summed E-state index contributed by atoms with van der Waals surface area (Å²) < 4.78 is 10.3. The molecule has 0 radical (unpaired) electrons. The molecule has 132 valence electrons. The molecule has 0 saturated carbocycles. The lowest BCUT2D eigenvalue weighted by Crippen LogP contribution is -2.32. The molecule has 0 spiro atoms. The minimum Gasteiger partial charge on any atom is -0.497 e. The van der Waals surface area contributed by atoms with Crippen LogP contribution in [0.15, 0.2) is 35.9 Å². The number of hydrogen-bond donors (Lipinski definition) is 0. The van der Waals surface area contributed by atoms with Crippen LogP contribution in [-0.2, 0) is 25.7 Å². The van der Waals surface area contributed by atoms with Crippen molar-refractivity contribution in [2.45, 2.75) is 32.9 Å². The van der Waals surface area contributed by atoms with Gasteiger partial charge in [-0.1, -0.05) is 18.2 Å². The quantitative estimate of drug-likeness (QED) is 0.604. The standard InChI is InChI=1S/C19H21NO5/c1-11(2)25-19(23)15-9-8-14-16(15)18(22)20(17(14)21)10-12-4-6-13(24-3)7-5-12/h4-7,9,11,14,16H,8,10H2,1-3H3/t14-,16-/m0/s1. The van der Waals surface area contributed by atoms with Crippen molar-refractivity contribution >= 4 is 17.8 Å². The highest BCUT2D eigenvalue weighted by molar-refractivity contribution is 6.11. The molecule has 1 aromatic rings. The number of amides is 2. The molecule has 0 unspecified atom stereocenters. The highest BCUT2D eigenvalue weighted by Crippen LogP contribution is 2.41. The number of carbonyl (C=O) groups is 3. The summed E-state index contributed by atoms with van der Waals surface area (Å²) in [4.78, 5) is 38.8. The number of nitrogens with zero attached hydrogens (tertiary/aromatic N) is 1. The van der Waals surface area contributed by atoms with Crippen LogP contribution in [0.5, 0.6) is 5.75 Å². The van der Waals surface area contributed by atoms with Gasteiger partial charge in [0.15, 0.2) is 0 Å². The molecule has 1 aromatic carbocycles. The first-order valence-electron chi connectivity index (χ1n) is 8.31. The van der Waals surface area contributed by atoms with Gasteiger partial charge in [0, 0.05) is 5.57 Å². The Morgan fingerprint density at radius 3 is 2.48 bits per heavy atom. The van der Waals surface area contributed by atoms with Crippen molar-refractivity contribution in [3.8, 4) is 5.75 Å². The van der Waals surface area contributed by atoms with Crippen LogP contribution in [0.3, 0.4) is 0 Å². The monoisotopic (exact) mass is 343 g/mol. The Morgan fingerprint density at radius 2 is 1.88 bits per heavy atom. The first-order valence-corrected chi connectivity index (χ1v) is 8.31. The maximum atomic E-state index is 12.8. The number of esters is 1. The molecular formula is C19H21NO5. The van der Waals surface area contributed by atoms with Gasteiger partial charge >= 0.3 is 5.97 Å².